The fourth-order valence-corrected chi connectivity index (χ4v) is 3.01. The van der Waals surface area contributed by atoms with Crippen LogP contribution in [-0.4, -0.2) is 18.1 Å². The van der Waals surface area contributed by atoms with Crippen LogP contribution in [0.2, 0.25) is 0 Å². The quantitative estimate of drug-likeness (QED) is 0.758. The summed E-state index contributed by atoms with van der Waals surface area (Å²) in [5.74, 6) is 0.293. The third-order valence-electron chi connectivity index (χ3n) is 3.26. The van der Waals surface area contributed by atoms with Crippen molar-refractivity contribution >= 4 is 17.3 Å². The van der Waals surface area contributed by atoms with E-state index in [2.05, 4.69) is 10.4 Å². The van der Waals surface area contributed by atoms with Gasteiger partial charge in [-0.1, -0.05) is 13.3 Å². The molecule has 1 unspecified atom stereocenters. The fourth-order valence-electron chi connectivity index (χ4n) is 1.94. The molecule has 1 aromatic heterocycles. The van der Waals surface area contributed by atoms with E-state index in [1.807, 2.05) is 6.92 Å². The van der Waals surface area contributed by atoms with Crippen LogP contribution in [0.5, 0.6) is 0 Å². The van der Waals surface area contributed by atoms with Crippen molar-refractivity contribution in [3.05, 3.63) is 16.1 Å². The Labute approximate surface area is 99.8 Å². The third kappa shape index (κ3) is 2.12. The van der Waals surface area contributed by atoms with Crippen LogP contribution < -0.4 is 0 Å². The Kier molecular flexibility index (Phi) is 3.59. The van der Waals surface area contributed by atoms with Crippen molar-refractivity contribution in [1.29, 1.82) is 0 Å². The van der Waals surface area contributed by atoms with E-state index < -0.39 is 0 Å². The Morgan fingerprint density at radius 2 is 2.44 bits per heavy atom. The first-order valence-corrected chi connectivity index (χ1v) is 6.67. The Morgan fingerprint density at radius 1 is 1.69 bits per heavy atom. The second-order valence-corrected chi connectivity index (χ2v) is 5.11. The van der Waals surface area contributed by atoms with E-state index in [0.717, 1.165) is 11.4 Å². The number of hydrogen-bond donors (Lipinski definition) is 0. The second kappa shape index (κ2) is 4.95. The van der Waals surface area contributed by atoms with Gasteiger partial charge in [-0.15, -0.1) is 11.3 Å². The second-order valence-electron chi connectivity index (χ2n) is 4.22. The van der Waals surface area contributed by atoms with Crippen molar-refractivity contribution in [2.45, 2.75) is 44.4 Å². The number of methoxy groups -OCH3 is 1. The highest BCUT2D eigenvalue weighted by Gasteiger charge is 2.26. The Hall–Kier alpha value is -0.900. The number of thiazole rings is 1. The monoisotopic (exact) mass is 239 g/mol. The highest BCUT2D eigenvalue weighted by molar-refractivity contribution is 7.09. The SMILES string of the molecule is CCC(C(=O)OC)c1nc(C2CCC2)cs1. The molecule has 0 aromatic carbocycles. The van der Waals surface area contributed by atoms with E-state index >= 15 is 0 Å². The molecule has 0 amide bonds. The van der Waals surface area contributed by atoms with Gasteiger partial charge in [0.15, 0.2) is 0 Å². The normalized spacial score (nSPS) is 17.9. The maximum atomic E-state index is 11.6. The van der Waals surface area contributed by atoms with Crippen LogP contribution in [0.1, 0.15) is 55.1 Å². The van der Waals surface area contributed by atoms with Crippen LogP contribution >= 0.6 is 11.3 Å². The highest BCUT2D eigenvalue weighted by Crippen LogP contribution is 2.38. The molecule has 1 atom stereocenters. The van der Waals surface area contributed by atoms with Gasteiger partial charge in [0, 0.05) is 11.3 Å². The average molecular weight is 239 g/mol. The smallest absolute Gasteiger partial charge is 0.315 e. The molecule has 0 N–H and O–H groups in total. The van der Waals surface area contributed by atoms with E-state index in [0.29, 0.717) is 5.92 Å². The van der Waals surface area contributed by atoms with Crippen LogP contribution in [0, 0.1) is 0 Å². The number of esters is 1. The van der Waals surface area contributed by atoms with Crippen molar-refractivity contribution < 1.29 is 9.53 Å². The molecule has 0 bridgehead atoms. The van der Waals surface area contributed by atoms with Crippen LogP contribution in [0.4, 0.5) is 0 Å². The molecule has 4 heteroatoms. The van der Waals surface area contributed by atoms with E-state index in [1.165, 1.54) is 32.1 Å². The van der Waals surface area contributed by atoms with Gasteiger partial charge in [-0.05, 0) is 19.3 Å². The molecule has 88 valence electrons. The van der Waals surface area contributed by atoms with Crippen LogP contribution in [0.15, 0.2) is 5.38 Å². The molecule has 2 rings (SSSR count). The van der Waals surface area contributed by atoms with E-state index in [1.54, 1.807) is 11.3 Å². The summed E-state index contributed by atoms with van der Waals surface area (Å²) < 4.78 is 4.80. The Morgan fingerprint density at radius 3 is 2.94 bits per heavy atom. The Bertz CT molecular complexity index is 371. The maximum Gasteiger partial charge on any atom is 0.315 e. The zero-order valence-corrected chi connectivity index (χ0v) is 10.5. The lowest BCUT2D eigenvalue weighted by atomic mass is 9.83. The van der Waals surface area contributed by atoms with Crippen LogP contribution in [0.3, 0.4) is 0 Å². The van der Waals surface area contributed by atoms with Gasteiger partial charge in [0.05, 0.1) is 12.8 Å². The summed E-state index contributed by atoms with van der Waals surface area (Å²) in [6.07, 6.45) is 4.56. The Balaban J connectivity index is 2.12. The summed E-state index contributed by atoms with van der Waals surface area (Å²) in [4.78, 5) is 16.1. The molecule has 0 radical (unpaired) electrons. The molecule has 1 aliphatic rings. The summed E-state index contributed by atoms with van der Waals surface area (Å²) in [7, 11) is 1.44. The van der Waals surface area contributed by atoms with Gasteiger partial charge >= 0.3 is 5.97 Å². The first kappa shape index (κ1) is 11.6. The summed E-state index contributed by atoms with van der Waals surface area (Å²) in [6, 6.07) is 0. The summed E-state index contributed by atoms with van der Waals surface area (Å²) in [6.45, 7) is 1.99. The topological polar surface area (TPSA) is 39.2 Å². The summed E-state index contributed by atoms with van der Waals surface area (Å²) >= 11 is 1.59. The predicted octanol–water partition coefficient (Wildman–Crippen LogP) is 3.08. The summed E-state index contributed by atoms with van der Waals surface area (Å²) in [5, 5.41) is 3.02. The van der Waals surface area contributed by atoms with Crippen LogP contribution in [-0.2, 0) is 9.53 Å². The molecular formula is C12H17NO2S. The molecule has 16 heavy (non-hydrogen) atoms. The third-order valence-corrected chi connectivity index (χ3v) is 4.23. The number of aromatic nitrogens is 1. The number of ether oxygens (including phenoxy) is 1. The minimum absolute atomic E-state index is 0.169. The van der Waals surface area contributed by atoms with Gasteiger partial charge in [-0.2, -0.15) is 0 Å². The number of nitrogens with zero attached hydrogens (tertiary/aromatic N) is 1. The molecule has 1 aliphatic carbocycles. The molecule has 0 saturated heterocycles. The molecule has 0 aliphatic heterocycles. The van der Waals surface area contributed by atoms with E-state index in [9.17, 15) is 4.79 Å². The molecule has 1 saturated carbocycles. The van der Waals surface area contributed by atoms with Gasteiger partial charge in [0.2, 0.25) is 0 Å². The standard InChI is InChI=1S/C12H17NO2S/c1-3-9(12(14)15-2)11-13-10(7-16-11)8-5-4-6-8/h7-9H,3-6H2,1-2H3. The predicted molar refractivity (Wildman–Crippen MR) is 63.8 cm³/mol. The molecule has 3 nitrogen and oxygen atoms in total. The lowest BCUT2D eigenvalue weighted by Crippen LogP contribution is -2.14. The lowest BCUT2D eigenvalue weighted by molar-refractivity contribution is -0.142. The van der Waals surface area contributed by atoms with Gasteiger partial charge in [-0.25, -0.2) is 4.98 Å². The van der Waals surface area contributed by atoms with Crippen molar-refractivity contribution in [3.63, 3.8) is 0 Å². The average Bonchev–Trinajstić information content (AvgIpc) is 2.65. The van der Waals surface area contributed by atoms with Gasteiger partial charge in [0.25, 0.3) is 0 Å². The molecular weight excluding hydrogens is 222 g/mol. The van der Waals surface area contributed by atoms with Gasteiger partial charge in [0.1, 0.15) is 10.9 Å². The number of hydrogen-bond acceptors (Lipinski definition) is 4. The van der Waals surface area contributed by atoms with Crippen molar-refractivity contribution in [1.82, 2.24) is 4.98 Å². The first-order valence-electron chi connectivity index (χ1n) is 5.79. The lowest BCUT2D eigenvalue weighted by Gasteiger charge is -2.23. The number of carbonyl (C=O) groups excluding carboxylic acids is 1. The summed E-state index contributed by atoms with van der Waals surface area (Å²) in [5.41, 5.74) is 1.17. The van der Waals surface area contributed by atoms with Gasteiger partial charge in [-0.3, -0.25) is 4.79 Å². The highest BCUT2D eigenvalue weighted by atomic mass is 32.1. The van der Waals surface area contributed by atoms with Crippen molar-refractivity contribution in [3.8, 4) is 0 Å². The number of carbonyl (C=O) groups is 1. The molecule has 1 heterocycles. The van der Waals surface area contributed by atoms with Crippen molar-refractivity contribution in [2.75, 3.05) is 7.11 Å². The minimum atomic E-state index is -0.177. The zero-order valence-electron chi connectivity index (χ0n) is 9.73. The van der Waals surface area contributed by atoms with E-state index in [4.69, 9.17) is 4.74 Å². The van der Waals surface area contributed by atoms with Gasteiger partial charge < -0.3 is 4.74 Å². The molecule has 1 fully saturated rings. The maximum absolute atomic E-state index is 11.6. The zero-order chi connectivity index (χ0) is 11.5. The van der Waals surface area contributed by atoms with Crippen molar-refractivity contribution in [2.24, 2.45) is 0 Å². The molecule has 0 spiro atoms. The number of rotatable bonds is 4. The van der Waals surface area contributed by atoms with Crippen LogP contribution in [0.25, 0.3) is 0 Å². The van der Waals surface area contributed by atoms with E-state index in [-0.39, 0.29) is 11.9 Å². The fraction of sp³-hybridized carbons (Fsp3) is 0.667. The largest absolute Gasteiger partial charge is 0.468 e. The minimum Gasteiger partial charge on any atom is -0.468 e. The first-order chi connectivity index (χ1) is 7.76. The molecule has 1 aromatic rings.